The number of allylic oxidation sites excluding steroid dienone is 2. The number of urea groups is 1. The molecule has 0 saturated carbocycles. The molecule has 1 aliphatic carbocycles. The number of nitrogens with zero attached hydrogens (tertiary/aromatic N) is 2. The van der Waals surface area contributed by atoms with Gasteiger partial charge in [-0.3, -0.25) is 4.79 Å². The monoisotopic (exact) mass is 148 g/mol. The van der Waals surface area contributed by atoms with Gasteiger partial charge in [0, 0.05) is 6.42 Å². The quantitative estimate of drug-likeness (QED) is 0.503. The van der Waals surface area contributed by atoms with E-state index in [1.807, 2.05) is 0 Å². The van der Waals surface area contributed by atoms with Crippen LogP contribution in [0, 0.1) is 0 Å². The van der Waals surface area contributed by atoms with Crippen LogP contribution < -0.4 is 0 Å². The van der Waals surface area contributed by atoms with Crippen molar-refractivity contribution < 1.29 is 9.59 Å². The van der Waals surface area contributed by atoms with Crippen LogP contribution in [0.4, 0.5) is 4.79 Å². The molecule has 1 heterocycles. The van der Waals surface area contributed by atoms with Gasteiger partial charge in [0.05, 0.1) is 5.71 Å². The van der Waals surface area contributed by atoms with Crippen LogP contribution in [0.1, 0.15) is 6.42 Å². The van der Waals surface area contributed by atoms with E-state index in [9.17, 15) is 9.59 Å². The lowest BCUT2D eigenvalue weighted by atomic mass is 10.0. The van der Waals surface area contributed by atoms with Crippen LogP contribution in [0.2, 0.25) is 0 Å². The molecule has 0 N–H and O–H groups in total. The molecule has 0 atom stereocenters. The Morgan fingerprint density at radius 1 is 1.27 bits per heavy atom. The van der Waals surface area contributed by atoms with Crippen LogP contribution in [-0.4, -0.2) is 23.2 Å². The van der Waals surface area contributed by atoms with Gasteiger partial charge in [0.15, 0.2) is 0 Å². The smallest absolute Gasteiger partial charge is 0.287 e. The highest BCUT2D eigenvalue weighted by Gasteiger charge is 2.25. The fourth-order valence-electron chi connectivity index (χ4n) is 1.05. The largest absolute Gasteiger partial charge is 0.368 e. The lowest BCUT2D eigenvalue weighted by Crippen LogP contribution is -2.22. The Morgan fingerprint density at radius 2 is 2.09 bits per heavy atom. The van der Waals surface area contributed by atoms with Crippen LogP contribution in [0.3, 0.4) is 0 Å². The number of rotatable bonds is 0. The summed E-state index contributed by atoms with van der Waals surface area (Å²) in [6.45, 7) is 0. The first-order chi connectivity index (χ1) is 5.27. The molecule has 11 heavy (non-hydrogen) atoms. The third-order valence-electron chi connectivity index (χ3n) is 1.53. The number of hydrogen-bond acceptors (Lipinski definition) is 2. The van der Waals surface area contributed by atoms with Crippen molar-refractivity contribution in [2.24, 2.45) is 9.98 Å². The van der Waals surface area contributed by atoms with E-state index >= 15 is 0 Å². The van der Waals surface area contributed by atoms with Gasteiger partial charge < -0.3 is 0 Å². The van der Waals surface area contributed by atoms with Crippen LogP contribution in [0.15, 0.2) is 22.1 Å². The highest BCUT2D eigenvalue weighted by atomic mass is 16.2. The molecule has 2 rings (SSSR count). The Labute approximate surface area is 62.3 Å². The Balaban J connectivity index is 2.53. The first-order valence-electron chi connectivity index (χ1n) is 3.19. The Hall–Kier alpha value is -1.58. The third-order valence-corrected chi connectivity index (χ3v) is 1.53. The molecule has 2 aliphatic rings. The first-order valence-corrected chi connectivity index (χ1v) is 3.19. The van der Waals surface area contributed by atoms with Crippen molar-refractivity contribution >= 4 is 23.2 Å². The molecule has 0 radical (unpaired) electrons. The molecule has 0 saturated heterocycles. The first kappa shape index (κ1) is 6.15. The second-order valence-electron chi connectivity index (χ2n) is 2.27. The van der Waals surface area contributed by atoms with Crippen molar-refractivity contribution in [2.75, 3.05) is 0 Å². The number of aliphatic imine (C=N–C) groups is 2. The SMILES string of the molecule is O=C1N=C2CC=CC(=O)C2=N1. The predicted octanol–water partition coefficient (Wildman–Crippen LogP) is 0.531. The van der Waals surface area contributed by atoms with Gasteiger partial charge in [0.1, 0.15) is 5.71 Å². The minimum absolute atomic E-state index is 0.220. The summed E-state index contributed by atoms with van der Waals surface area (Å²) < 4.78 is 0. The average molecular weight is 148 g/mol. The van der Waals surface area contributed by atoms with Crippen LogP contribution in [-0.2, 0) is 4.79 Å². The zero-order valence-corrected chi connectivity index (χ0v) is 5.57. The van der Waals surface area contributed by atoms with E-state index in [0.717, 1.165) is 0 Å². The number of carbonyl (C=O) groups excluding carboxylic acids is 2. The summed E-state index contributed by atoms with van der Waals surface area (Å²) in [5.74, 6) is -0.221. The average Bonchev–Trinajstić information content (AvgIpc) is 2.31. The zero-order valence-electron chi connectivity index (χ0n) is 5.57. The zero-order chi connectivity index (χ0) is 7.84. The molecule has 0 unspecified atom stereocenters. The molecule has 0 spiro atoms. The Morgan fingerprint density at radius 3 is 2.82 bits per heavy atom. The van der Waals surface area contributed by atoms with E-state index in [2.05, 4.69) is 9.98 Å². The Kier molecular flexibility index (Phi) is 1.09. The van der Waals surface area contributed by atoms with E-state index in [1.54, 1.807) is 6.08 Å². The van der Waals surface area contributed by atoms with Gasteiger partial charge in [-0.1, -0.05) is 6.08 Å². The summed E-state index contributed by atoms with van der Waals surface area (Å²) in [5, 5.41) is 0. The van der Waals surface area contributed by atoms with Gasteiger partial charge in [-0.05, 0) is 6.08 Å². The number of fused-ring (bicyclic) bond motifs is 1. The molecule has 1 aliphatic heterocycles. The Bertz CT molecular complexity index is 336. The van der Waals surface area contributed by atoms with E-state index in [4.69, 9.17) is 0 Å². The van der Waals surface area contributed by atoms with E-state index < -0.39 is 6.03 Å². The maximum atomic E-state index is 11.0. The van der Waals surface area contributed by atoms with Crippen LogP contribution in [0.5, 0.6) is 0 Å². The van der Waals surface area contributed by atoms with Crippen molar-refractivity contribution in [3.05, 3.63) is 12.2 Å². The molecule has 0 aromatic rings. The highest BCUT2D eigenvalue weighted by Crippen LogP contribution is 2.09. The fraction of sp³-hybridized carbons (Fsp3) is 0.143. The summed E-state index contributed by atoms with van der Waals surface area (Å²) >= 11 is 0. The predicted molar refractivity (Wildman–Crippen MR) is 39.0 cm³/mol. The minimum atomic E-state index is -0.563. The molecule has 2 amide bonds. The maximum Gasteiger partial charge on any atom is 0.368 e. The van der Waals surface area contributed by atoms with Gasteiger partial charge in [0.25, 0.3) is 0 Å². The standard InChI is InChI=1S/C7H4N2O2/c10-5-3-1-2-4-6(5)9-7(11)8-4/h1,3H,2H2. The topological polar surface area (TPSA) is 58.9 Å². The minimum Gasteiger partial charge on any atom is -0.287 e. The molecule has 4 heteroatoms. The molecule has 0 aromatic carbocycles. The molecule has 54 valence electrons. The van der Waals surface area contributed by atoms with Gasteiger partial charge in [-0.25, -0.2) is 4.79 Å². The summed E-state index contributed by atoms with van der Waals surface area (Å²) in [6.07, 6.45) is 3.63. The van der Waals surface area contributed by atoms with Crippen LogP contribution >= 0.6 is 0 Å². The molecular weight excluding hydrogens is 144 g/mol. The highest BCUT2D eigenvalue weighted by molar-refractivity contribution is 6.73. The van der Waals surface area contributed by atoms with Gasteiger partial charge in [-0.2, -0.15) is 9.98 Å². The molecule has 0 bridgehead atoms. The third kappa shape index (κ3) is 0.832. The number of amides is 2. The van der Waals surface area contributed by atoms with Gasteiger partial charge in [0.2, 0.25) is 5.78 Å². The summed E-state index contributed by atoms with van der Waals surface area (Å²) in [6, 6.07) is -0.563. The second-order valence-corrected chi connectivity index (χ2v) is 2.27. The lowest BCUT2D eigenvalue weighted by molar-refractivity contribution is -0.108. The second kappa shape index (κ2) is 1.95. The van der Waals surface area contributed by atoms with Crippen molar-refractivity contribution in [3.63, 3.8) is 0 Å². The van der Waals surface area contributed by atoms with Crippen molar-refractivity contribution in [1.82, 2.24) is 0 Å². The lowest BCUT2D eigenvalue weighted by Gasteiger charge is -2.01. The van der Waals surface area contributed by atoms with E-state index in [0.29, 0.717) is 12.1 Å². The number of ketones is 1. The fourth-order valence-corrected chi connectivity index (χ4v) is 1.05. The molecule has 0 aromatic heterocycles. The van der Waals surface area contributed by atoms with E-state index in [-0.39, 0.29) is 11.5 Å². The number of carbonyl (C=O) groups is 2. The summed E-state index contributed by atoms with van der Waals surface area (Å²) in [4.78, 5) is 28.6. The van der Waals surface area contributed by atoms with E-state index in [1.165, 1.54) is 6.08 Å². The number of hydrogen-bond donors (Lipinski definition) is 0. The van der Waals surface area contributed by atoms with Crippen molar-refractivity contribution in [3.8, 4) is 0 Å². The normalized spacial score (nSPS) is 21.5. The maximum absolute atomic E-state index is 11.0. The molecule has 4 nitrogen and oxygen atoms in total. The summed E-state index contributed by atoms with van der Waals surface area (Å²) in [7, 11) is 0. The van der Waals surface area contributed by atoms with Gasteiger partial charge in [-0.15, -0.1) is 0 Å². The van der Waals surface area contributed by atoms with Crippen LogP contribution in [0.25, 0.3) is 0 Å². The molecule has 0 fully saturated rings. The van der Waals surface area contributed by atoms with Crippen molar-refractivity contribution in [1.29, 1.82) is 0 Å². The van der Waals surface area contributed by atoms with Gasteiger partial charge >= 0.3 is 6.03 Å². The summed E-state index contributed by atoms with van der Waals surface area (Å²) in [5.41, 5.74) is 0.722. The molecular formula is C7H4N2O2. The van der Waals surface area contributed by atoms with Crippen molar-refractivity contribution in [2.45, 2.75) is 6.42 Å².